The van der Waals surface area contributed by atoms with Crippen LogP contribution in [0.4, 0.5) is 0 Å². The van der Waals surface area contributed by atoms with Gasteiger partial charge in [0.05, 0.1) is 6.33 Å². The van der Waals surface area contributed by atoms with Crippen molar-refractivity contribution in [2.24, 2.45) is 7.05 Å². The Morgan fingerprint density at radius 2 is 2.14 bits per heavy atom. The Hall–Kier alpha value is -0.790. The van der Waals surface area contributed by atoms with Crippen LogP contribution in [0.3, 0.4) is 0 Å². The zero-order chi connectivity index (χ0) is 10.4. The molecule has 0 aliphatic carbocycles. The van der Waals surface area contributed by atoms with Crippen molar-refractivity contribution in [3.8, 4) is 0 Å². The maximum absolute atomic E-state index is 4.15. The SMILES string of the molecule is CCCCCCC(C)c1cncn1C. The van der Waals surface area contributed by atoms with Gasteiger partial charge in [-0.15, -0.1) is 0 Å². The van der Waals surface area contributed by atoms with E-state index in [1.807, 2.05) is 12.5 Å². The van der Waals surface area contributed by atoms with Crippen molar-refractivity contribution in [2.75, 3.05) is 0 Å². The molecule has 0 amide bonds. The summed E-state index contributed by atoms with van der Waals surface area (Å²) < 4.78 is 2.13. The quantitative estimate of drug-likeness (QED) is 0.634. The second-order valence-corrected chi connectivity index (χ2v) is 4.18. The molecule has 0 aliphatic rings. The topological polar surface area (TPSA) is 17.8 Å². The van der Waals surface area contributed by atoms with Crippen LogP contribution in [-0.2, 0) is 7.05 Å². The van der Waals surface area contributed by atoms with E-state index in [0.29, 0.717) is 5.92 Å². The van der Waals surface area contributed by atoms with Crippen LogP contribution >= 0.6 is 0 Å². The Bertz CT molecular complexity index is 253. The summed E-state index contributed by atoms with van der Waals surface area (Å²) >= 11 is 0. The van der Waals surface area contributed by atoms with E-state index in [9.17, 15) is 0 Å². The second-order valence-electron chi connectivity index (χ2n) is 4.18. The lowest BCUT2D eigenvalue weighted by molar-refractivity contribution is 0.560. The van der Waals surface area contributed by atoms with Crippen molar-refractivity contribution in [2.45, 2.75) is 51.9 Å². The molecule has 14 heavy (non-hydrogen) atoms. The molecule has 1 unspecified atom stereocenters. The highest BCUT2D eigenvalue weighted by Gasteiger charge is 2.08. The minimum absolute atomic E-state index is 0.652. The lowest BCUT2D eigenvalue weighted by Gasteiger charge is -2.11. The fourth-order valence-electron chi connectivity index (χ4n) is 1.87. The molecule has 1 aromatic heterocycles. The van der Waals surface area contributed by atoms with E-state index in [4.69, 9.17) is 0 Å². The van der Waals surface area contributed by atoms with Gasteiger partial charge in [0.25, 0.3) is 0 Å². The van der Waals surface area contributed by atoms with Crippen molar-refractivity contribution in [3.63, 3.8) is 0 Å². The summed E-state index contributed by atoms with van der Waals surface area (Å²) in [5, 5.41) is 0. The zero-order valence-electron chi connectivity index (χ0n) is 9.66. The average molecular weight is 194 g/mol. The molecule has 1 rings (SSSR count). The van der Waals surface area contributed by atoms with Gasteiger partial charge in [0.15, 0.2) is 0 Å². The molecule has 0 saturated carbocycles. The minimum atomic E-state index is 0.652. The first-order chi connectivity index (χ1) is 6.75. The van der Waals surface area contributed by atoms with E-state index < -0.39 is 0 Å². The number of imidazole rings is 1. The molecule has 80 valence electrons. The van der Waals surface area contributed by atoms with Crippen LogP contribution in [0.1, 0.15) is 57.6 Å². The molecule has 0 radical (unpaired) electrons. The molecule has 1 atom stereocenters. The van der Waals surface area contributed by atoms with Crippen LogP contribution in [0, 0.1) is 0 Å². The highest BCUT2D eigenvalue weighted by atomic mass is 15.0. The number of aryl methyl sites for hydroxylation is 1. The minimum Gasteiger partial charge on any atom is -0.337 e. The monoisotopic (exact) mass is 194 g/mol. The maximum Gasteiger partial charge on any atom is 0.0945 e. The van der Waals surface area contributed by atoms with Crippen molar-refractivity contribution >= 4 is 0 Å². The first-order valence-corrected chi connectivity index (χ1v) is 5.72. The van der Waals surface area contributed by atoms with Gasteiger partial charge in [0.1, 0.15) is 0 Å². The predicted molar refractivity (Wildman–Crippen MR) is 60.4 cm³/mol. The summed E-state index contributed by atoms with van der Waals surface area (Å²) in [7, 11) is 2.07. The Balaban J connectivity index is 2.28. The standard InChI is InChI=1S/C12H22N2/c1-4-5-6-7-8-11(2)12-9-13-10-14(12)3/h9-11H,4-8H2,1-3H3. The molecule has 0 bridgehead atoms. The zero-order valence-corrected chi connectivity index (χ0v) is 9.66. The fourth-order valence-corrected chi connectivity index (χ4v) is 1.87. The highest BCUT2D eigenvalue weighted by Crippen LogP contribution is 2.20. The summed E-state index contributed by atoms with van der Waals surface area (Å²) in [4.78, 5) is 4.15. The lowest BCUT2D eigenvalue weighted by Crippen LogP contribution is -2.00. The first kappa shape index (κ1) is 11.3. The molecule has 0 N–H and O–H groups in total. The van der Waals surface area contributed by atoms with E-state index in [0.717, 1.165) is 0 Å². The summed E-state index contributed by atoms with van der Waals surface area (Å²) in [6.45, 7) is 4.55. The van der Waals surface area contributed by atoms with Gasteiger partial charge in [0, 0.05) is 18.9 Å². The Labute approximate surface area is 87.4 Å². The summed E-state index contributed by atoms with van der Waals surface area (Å²) in [5.74, 6) is 0.652. The van der Waals surface area contributed by atoms with Gasteiger partial charge in [-0.25, -0.2) is 4.98 Å². The third-order valence-corrected chi connectivity index (χ3v) is 2.85. The van der Waals surface area contributed by atoms with E-state index in [1.54, 1.807) is 0 Å². The molecule has 0 aliphatic heterocycles. The molecular formula is C12H22N2. The van der Waals surface area contributed by atoms with Crippen molar-refractivity contribution in [1.82, 2.24) is 9.55 Å². The molecule has 1 aromatic rings. The molecule has 1 heterocycles. The van der Waals surface area contributed by atoms with E-state index in [-0.39, 0.29) is 0 Å². The van der Waals surface area contributed by atoms with Gasteiger partial charge in [-0.1, -0.05) is 39.5 Å². The third kappa shape index (κ3) is 3.17. The molecule has 2 heteroatoms. The molecule has 2 nitrogen and oxygen atoms in total. The van der Waals surface area contributed by atoms with Crippen LogP contribution < -0.4 is 0 Å². The first-order valence-electron chi connectivity index (χ1n) is 5.72. The molecule has 0 saturated heterocycles. The smallest absolute Gasteiger partial charge is 0.0945 e. The Morgan fingerprint density at radius 3 is 2.71 bits per heavy atom. The van der Waals surface area contributed by atoms with Crippen molar-refractivity contribution < 1.29 is 0 Å². The number of hydrogen-bond acceptors (Lipinski definition) is 1. The van der Waals surface area contributed by atoms with E-state index in [1.165, 1.54) is 37.8 Å². The number of unbranched alkanes of at least 4 members (excludes halogenated alkanes) is 3. The molecule has 0 aromatic carbocycles. The van der Waals surface area contributed by atoms with Crippen LogP contribution in [0.15, 0.2) is 12.5 Å². The summed E-state index contributed by atoms with van der Waals surface area (Å²) in [6, 6.07) is 0. The van der Waals surface area contributed by atoms with Crippen LogP contribution in [0.5, 0.6) is 0 Å². The van der Waals surface area contributed by atoms with Gasteiger partial charge in [-0.3, -0.25) is 0 Å². The fraction of sp³-hybridized carbons (Fsp3) is 0.750. The van der Waals surface area contributed by atoms with Crippen LogP contribution in [0.2, 0.25) is 0 Å². The summed E-state index contributed by atoms with van der Waals surface area (Å²) in [6.07, 6.45) is 10.6. The Kier molecular flexibility index (Phi) is 4.71. The van der Waals surface area contributed by atoms with Crippen LogP contribution in [-0.4, -0.2) is 9.55 Å². The van der Waals surface area contributed by atoms with Gasteiger partial charge in [-0.05, 0) is 12.3 Å². The summed E-state index contributed by atoms with van der Waals surface area (Å²) in [5.41, 5.74) is 1.36. The lowest BCUT2D eigenvalue weighted by atomic mass is 10.00. The Morgan fingerprint density at radius 1 is 1.36 bits per heavy atom. The number of hydrogen-bond donors (Lipinski definition) is 0. The van der Waals surface area contributed by atoms with Crippen molar-refractivity contribution in [3.05, 3.63) is 18.2 Å². The second kappa shape index (κ2) is 5.84. The van der Waals surface area contributed by atoms with Gasteiger partial charge in [0.2, 0.25) is 0 Å². The van der Waals surface area contributed by atoms with Gasteiger partial charge < -0.3 is 4.57 Å². The average Bonchev–Trinajstić information content (AvgIpc) is 2.59. The largest absolute Gasteiger partial charge is 0.337 e. The third-order valence-electron chi connectivity index (χ3n) is 2.85. The van der Waals surface area contributed by atoms with Gasteiger partial charge in [-0.2, -0.15) is 0 Å². The van der Waals surface area contributed by atoms with Crippen molar-refractivity contribution in [1.29, 1.82) is 0 Å². The number of nitrogens with zero attached hydrogens (tertiary/aromatic N) is 2. The van der Waals surface area contributed by atoms with Gasteiger partial charge >= 0.3 is 0 Å². The maximum atomic E-state index is 4.15. The normalized spacial score (nSPS) is 13.1. The van der Waals surface area contributed by atoms with Crippen LogP contribution in [0.25, 0.3) is 0 Å². The van der Waals surface area contributed by atoms with E-state index in [2.05, 4.69) is 30.4 Å². The number of rotatable bonds is 6. The predicted octanol–water partition coefficient (Wildman–Crippen LogP) is 3.49. The highest BCUT2D eigenvalue weighted by molar-refractivity contribution is 5.03. The molecule has 0 spiro atoms. The molecular weight excluding hydrogens is 172 g/mol. The van der Waals surface area contributed by atoms with E-state index >= 15 is 0 Å². The number of aromatic nitrogens is 2. The molecule has 0 fully saturated rings.